The standard InChI is InChI=1S/C23H25BrCl2N6O2/c1-30-6-8-31(9-7-30)19-11-27-22-20(26)21(28-18-5-4-15(24)10-17(18)25)16(12-32(19)22)23(33)29-34-13-14-2-3-14/h4-5,10-12,14,28H,2-3,6-9,13H2,1H3,(H,29,33). The quantitative estimate of drug-likeness (QED) is 0.393. The number of benzene rings is 1. The largest absolute Gasteiger partial charge is 0.354 e. The molecule has 3 aromatic rings. The van der Waals surface area contributed by atoms with Crippen LogP contribution < -0.4 is 15.7 Å². The van der Waals surface area contributed by atoms with E-state index in [1.54, 1.807) is 18.5 Å². The fourth-order valence-corrected chi connectivity index (χ4v) is 4.93. The number of anilines is 3. The van der Waals surface area contributed by atoms with E-state index in [4.69, 9.17) is 28.0 Å². The molecule has 8 nitrogen and oxygen atoms in total. The number of nitrogens with zero attached hydrogens (tertiary/aromatic N) is 4. The number of hydrogen-bond donors (Lipinski definition) is 2. The molecule has 1 saturated carbocycles. The molecule has 2 fully saturated rings. The van der Waals surface area contributed by atoms with Crippen molar-refractivity contribution in [1.82, 2.24) is 19.8 Å². The lowest BCUT2D eigenvalue weighted by Crippen LogP contribution is -2.44. The van der Waals surface area contributed by atoms with E-state index in [1.165, 1.54) is 0 Å². The van der Waals surface area contributed by atoms with Gasteiger partial charge in [0.1, 0.15) is 10.8 Å². The molecule has 1 aliphatic heterocycles. The monoisotopic (exact) mass is 566 g/mol. The van der Waals surface area contributed by atoms with Gasteiger partial charge in [-0.1, -0.05) is 39.1 Å². The summed E-state index contributed by atoms with van der Waals surface area (Å²) in [5.41, 5.74) is 4.51. The van der Waals surface area contributed by atoms with E-state index < -0.39 is 5.91 Å². The molecule has 0 radical (unpaired) electrons. The first kappa shape index (κ1) is 23.7. The van der Waals surface area contributed by atoms with Crippen molar-refractivity contribution in [2.75, 3.05) is 50.1 Å². The molecule has 1 amide bonds. The second-order valence-corrected chi connectivity index (χ2v) is 10.5. The van der Waals surface area contributed by atoms with Crippen LogP contribution in [0.25, 0.3) is 5.65 Å². The maximum atomic E-state index is 13.2. The Balaban J connectivity index is 1.53. The Labute approximate surface area is 216 Å². The molecular formula is C23H25BrCl2N6O2. The van der Waals surface area contributed by atoms with Crippen molar-refractivity contribution in [3.8, 4) is 0 Å². The van der Waals surface area contributed by atoms with Crippen LogP contribution in [0.2, 0.25) is 10.0 Å². The number of aromatic nitrogens is 2. The SMILES string of the molecule is CN1CCN(c2cnc3c(Cl)c(Nc4ccc(Br)cc4Cl)c(C(=O)NOCC4CC4)cn23)CC1. The predicted molar refractivity (Wildman–Crippen MR) is 138 cm³/mol. The summed E-state index contributed by atoms with van der Waals surface area (Å²) in [4.78, 5) is 27.8. The Morgan fingerprint density at radius 2 is 2.00 bits per heavy atom. The third-order valence-corrected chi connectivity index (χ3v) is 7.33. The summed E-state index contributed by atoms with van der Waals surface area (Å²) in [5, 5.41) is 4.06. The van der Waals surface area contributed by atoms with Crippen molar-refractivity contribution in [2.24, 2.45) is 5.92 Å². The van der Waals surface area contributed by atoms with E-state index in [1.807, 2.05) is 16.5 Å². The molecule has 2 N–H and O–H groups in total. The van der Waals surface area contributed by atoms with E-state index in [0.717, 1.165) is 49.3 Å². The van der Waals surface area contributed by atoms with Gasteiger partial charge in [-0.2, -0.15) is 0 Å². The van der Waals surface area contributed by atoms with Gasteiger partial charge in [-0.05, 0) is 44.0 Å². The van der Waals surface area contributed by atoms with Crippen LogP contribution in [0.15, 0.2) is 35.1 Å². The van der Waals surface area contributed by atoms with Crippen LogP contribution in [0.3, 0.4) is 0 Å². The van der Waals surface area contributed by atoms with E-state index in [2.05, 4.69) is 48.6 Å². The van der Waals surface area contributed by atoms with Crippen LogP contribution >= 0.6 is 39.1 Å². The van der Waals surface area contributed by atoms with Gasteiger partial charge in [-0.25, -0.2) is 10.5 Å². The van der Waals surface area contributed by atoms with Crippen molar-refractivity contribution in [2.45, 2.75) is 12.8 Å². The Hall–Kier alpha value is -2.04. The van der Waals surface area contributed by atoms with E-state index in [9.17, 15) is 4.79 Å². The van der Waals surface area contributed by atoms with Gasteiger partial charge in [-0.15, -0.1) is 0 Å². The normalized spacial score (nSPS) is 16.8. The summed E-state index contributed by atoms with van der Waals surface area (Å²) in [5.74, 6) is 1.02. The van der Waals surface area contributed by atoms with Gasteiger partial charge < -0.3 is 15.1 Å². The molecule has 1 aromatic carbocycles. The zero-order valence-electron chi connectivity index (χ0n) is 18.7. The minimum absolute atomic E-state index is 0.328. The maximum Gasteiger partial charge on any atom is 0.278 e. The van der Waals surface area contributed by atoms with Crippen LogP contribution in [0.4, 0.5) is 17.2 Å². The number of amides is 1. The summed E-state index contributed by atoms with van der Waals surface area (Å²) in [7, 11) is 2.11. The second-order valence-electron chi connectivity index (χ2n) is 8.77. The number of nitrogens with one attached hydrogen (secondary N) is 2. The van der Waals surface area contributed by atoms with Gasteiger partial charge >= 0.3 is 0 Å². The first-order chi connectivity index (χ1) is 16.4. The van der Waals surface area contributed by atoms with Gasteiger partial charge in [0.15, 0.2) is 5.65 Å². The minimum Gasteiger partial charge on any atom is -0.354 e. The van der Waals surface area contributed by atoms with Gasteiger partial charge in [0.25, 0.3) is 5.91 Å². The van der Waals surface area contributed by atoms with Crippen LogP contribution in [-0.2, 0) is 4.84 Å². The number of hydroxylamine groups is 1. The lowest BCUT2D eigenvalue weighted by molar-refractivity contribution is 0.0270. The predicted octanol–water partition coefficient (Wildman–Crippen LogP) is 4.97. The van der Waals surface area contributed by atoms with Crippen LogP contribution in [0.5, 0.6) is 0 Å². The van der Waals surface area contributed by atoms with Crippen LogP contribution in [-0.4, -0.2) is 60.0 Å². The van der Waals surface area contributed by atoms with Crippen molar-refractivity contribution >= 4 is 67.9 Å². The molecule has 1 saturated heterocycles. The number of rotatable bonds is 7. The molecule has 0 atom stereocenters. The average Bonchev–Trinajstić information content (AvgIpc) is 3.54. The van der Waals surface area contributed by atoms with E-state index in [0.29, 0.717) is 45.2 Å². The molecule has 3 heterocycles. The minimum atomic E-state index is -0.391. The third kappa shape index (κ3) is 4.99. The Morgan fingerprint density at radius 1 is 1.24 bits per heavy atom. The summed E-state index contributed by atoms with van der Waals surface area (Å²) >= 11 is 16.7. The van der Waals surface area contributed by atoms with Gasteiger partial charge in [-0.3, -0.25) is 14.0 Å². The van der Waals surface area contributed by atoms with E-state index in [-0.39, 0.29) is 0 Å². The fraction of sp³-hybridized carbons (Fsp3) is 0.391. The van der Waals surface area contributed by atoms with Crippen LogP contribution in [0, 0.1) is 5.92 Å². The summed E-state index contributed by atoms with van der Waals surface area (Å²) in [6, 6.07) is 5.45. The third-order valence-electron chi connectivity index (χ3n) is 6.16. The van der Waals surface area contributed by atoms with Crippen molar-refractivity contribution in [3.63, 3.8) is 0 Å². The summed E-state index contributed by atoms with van der Waals surface area (Å²) < 4.78 is 2.72. The highest BCUT2D eigenvalue weighted by molar-refractivity contribution is 9.10. The molecule has 1 aliphatic carbocycles. The first-order valence-electron chi connectivity index (χ1n) is 11.2. The maximum absolute atomic E-state index is 13.2. The number of carbonyl (C=O) groups excluding carboxylic acids is 1. The van der Waals surface area contributed by atoms with Gasteiger partial charge in [0.05, 0.1) is 34.8 Å². The van der Waals surface area contributed by atoms with Crippen molar-refractivity contribution < 1.29 is 9.63 Å². The second kappa shape index (κ2) is 9.91. The number of fused-ring (bicyclic) bond motifs is 1. The number of pyridine rings is 1. The number of imidazole rings is 1. The molecule has 34 heavy (non-hydrogen) atoms. The number of hydrogen-bond acceptors (Lipinski definition) is 6. The molecule has 2 aromatic heterocycles. The first-order valence-corrected chi connectivity index (χ1v) is 12.7. The molecule has 2 aliphatic rings. The van der Waals surface area contributed by atoms with Crippen LogP contribution in [0.1, 0.15) is 23.2 Å². The summed E-state index contributed by atoms with van der Waals surface area (Å²) in [6.07, 6.45) is 5.82. The van der Waals surface area contributed by atoms with Crippen molar-refractivity contribution in [3.05, 3.63) is 50.7 Å². The molecule has 0 unspecified atom stereocenters. The Kier molecular flexibility index (Phi) is 6.90. The number of likely N-dealkylation sites (N-methyl/N-ethyl adjacent to an activating group) is 1. The zero-order valence-corrected chi connectivity index (χ0v) is 21.8. The molecule has 5 rings (SSSR count). The Bertz CT molecular complexity index is 1220. The van der Waals surface area contributed by atoms with E-state index >= 15 is 0 Å². The molecule has 0 spiro atoms. The number of carbonyl (C=O) groups is 1. The lowest BCUT2D eigenvalue weighted by atomic mass is 10.2. The average molecular weight is 568 g/mol. The van der Waals surface area contributed by atoms with Gasteiger partial charge in [0, 0.05) is 36.8 Å². The van der Waals surface area contributed by atoms with Gasteiger partial charge in [0.2, 0.25) is 0 Å². The molecule has 11 heteroatoms. The number of halogens is 3. The fourth-order valence-electron chi connectivity index (χ4n) is 3.92. The highest BCUT2D eigenvalue weighted by Crippen LogP contribution is 2.37. The molecule has 0 bridgehead atoms. The lowest BCUT2D eigenvalue weighted by Gasteiger charge is -2.33. The topological polar surface area (TPSA) is 74.1 Å². The number of piperazine rings is 1. The zero-order chi connectivity index (χ0) is 23.8. The highest BCUT2D eigenvalue weighted by Gasteiger charge is 2.25. The summed E-state index contributed by atoms with van der Waals surface area (Å²) in [6.45, 7) is 4.13. The smallest absolute Gasteiger partial charge is 0.278 e. The molecular weight excluding hydrogens is 543 g/mol. The van der Waals surface area contributed by atoms with Crippen molar-refractivity contribution in [1.29, 1.82) is 0 Å². The highest BCUT2D eigenvalue weighted by atomic mass is 79.9. The molecule has 180 valence electrons. The Morgan fingerprint density at radius 3 is 2.71 bits per heavy atom.